The Morgan fingerprint density at radius 1 is 1.44 bits per heavy atom. The molecule has 0 aromatic rings. The van der Waals surface area contributed by atoms with Crippen molar-refractivity contribution in [2.75, 3.05) is 6.54 Å². The fourth-order valence-corrected chi connectivity index (χ4v) is 3.22. The van der Waals surface area contributed by atoms with E-state index >= 15 is 0 Å². The normalized spacial score (nSPS) is 32.6. The molecule has 0 bridgehead atoms. The SMILES string of the molecule is CCCCCC(O)C1(CN)CCCC(C)C1. The second kappa shape index (κ2) is 6.61. The molecule has 0 aliphatic heterocycles. The standard InChI is InChI=1S/C14H29NO/c1-3-4-5-8-13(16)14(11-15)9-6-7-12(2)10-14/h12-13,16H,3-11,15H2,1-2H3. The van der Waals surface area contributed by atoms with Crippen molar-refractivity contribution < 1.29 is 5.11 Å². The summed E-state index contributed by atoms with van der Waals surface area (Å²) in [6.45, 7) is 5.15. The molecule has 96 valence electrons. The molecule has 3 unspecified atom stereocenters. The molecule has 0 saturated heterocycles. The maximum atomic E-state index is 10.4. The summed E-state index contributed by atoms with van der Waals surface area (Å²) in [5.74, 6) is 0.734. The molecule has 1 aliphatic rings. The van der Waals surface area contributed by atoms with Crippen LogP contribution in [0.5, 0.6) is 0 Å². The van der Waals surface area contributed by atoms with E-state index in [0.29, 0.717) is 6.54 Å². The van der Waals surface area contributed by atoms with Gasteiger partial charge in [0, 0.05) is 12.0 Å². The monoisotopic (exact) mass is 227 g/mol. The minimum atomic E-state index is -0.174. The second-order valence-electron chi connectivity index (χ2n) is 5.78. The van der Waals surface area contributed by atoms with Crippen LogP contribution in [0.1, 0.15) is 65.2 Å². The van der Waals surface area contributed by atoms with Crippen LogP contribution in [0, 0.1) is 11.3 Å². The van der Waals surface area contributed by atoms with E-state index in [2.05, 4.69) is 13.8 Å². The fraction of sp³-hybridized carbons (Fsp3) is 1.00. The number of nitrogens with two attached hydrogens (primary N) is 1. The molecule has 16 heavy (non-hydrogen) atoms. The van der Waals surface area contributed by atoms with Crippen LogP contribution in [0.4, 0.5) is 0 Å². The van der Waals surface area contributed by atoms with Crippen molar-refractivity contribution in [3.63, 3.8) is 0 Å². The van der Waals surface area contributed by atoms with Crippen molar-refractivity contribution in [3.05, 3.63) is 0 Å². The van der Waals surface area contributed by atoms with Crippen LogP contribution >= 0.6 is 0 Å². The average molecular weight is 227 g/mol. The zero-order valence-electron chi connectivity index (χ0n) is 11.0. The molecule has 1 saturated carbocycles. The van der Waals surface area contributed by atoms with Gasteiger partial charge in [-0.1, -0.05) is 46.0 Å². The Labute approximate surface area is 101 Å². The highest BCUT2D eigenvalue weighted by atomic mass is 16.3. The summed E-state index contributed by atoms with van der Waals surface area (Å²) in [4.78, 5) is 0. The predicted molar refractivity (Wildman–Crippen MR) is 69.3 cm³/mol. The van der Waals surface area contributed by atoms with Crippen molar-refractivity contribution in [1.29, 1.82) is 0 Å². The Bertz CT molecular complexity index is 195. The lowest BCUT2D eigenvalue weighted by atomic mass is 9.66. The lowest BCUT2D eigenvalue weighted by molar-refractivity contribution is -0.0172. The lowest BCUT2D eigenvalue weighted by Gasteiger charge is -2.43. The summed E-state index contributed by atoms with van der Waals surface area (Å²) in [6.07, 6.45) is 9.16. The molecular weight excluding hydrogens is 198 g/mol. The van der Waals surface area contributed by atoms with E-state index in [9.17, 15) is 5.11 Å². The number of rotatable bonds is 6. The second-order valence-corrected chi connectivity index (χ2v) is 5.78. The van der Waals surface area contributed by atoms with Gasteiger partial charge >= 0.3 is 0 Å². The van der Waals surface area contributed by atoms with Gasteiger partial charge in [0.05, 0.1) is 6.10 Å². The van der Waals surface area contributed by atoms with Crippen LogP contribution in [-0.2, 0) is 0 Å². The van der Waals surface area contributed by atoms with Crippen molar-refractivity contribution in [1.82, 2.24) is 0 Å². The first kappa shape index (κ1) is 14.0. The van der Waals surface area contributed by atoms with Crippen LogP contribution in [0.25, 0.3) is 0 Å². The van der Waals surface area contributed by atoms with E-state index in [-0.39, 0.29) is 11.5 Å². The highest BCUT2D eigenvalue weighted by Gasteiger charge is 2.39. The summed E-state index contributed by atoms with van der Waals surface area (Å²) in [5.41, 5.74) is 5.98. The molecule has 1 fully saturated rings. The van der Waals surface area contributed by atoms with Gasteiger partial charge in [-0.25, -0.2) is 0 Å². The van der Waals surface area contributed by atoms with Gasteiger partial charge in [-0.2, -0.15) is 0 Å². The predicted octanol–water partition coefficient (Wildman–Crippen LogP) is 3.08. The van der Waals surface area contributed by atoms with Gasteiger partial charge in [0.25, 0.3) is 0 Å². The van der Waals surface area contributed by atoms with Crippen molar-refractivity contribution in [2.24, 2.45) is 17.1 Å². The van der Waals surface area contributed by atoms with Gasteiger partial charge in [-0.3, -0.25) is 0 Å². The van der Waals surface area contributed by atoms with Crippen molar-refractivity contribution in [3.8, 4) is 0 Å². The summed E-state index contributed by atoms with van der Waals surface area (Å²) >= 11 is 0. The molecule has 1 rings (SSSR count). The largest absolute Gasteiger partial charge is 0.393 e. The van der Waals surface area contributed by atoms with Crippen LogP contribution < -0.4 is 5.73 Å². The first-order chi connectivity index (χ1) is 7.64. The summed E-state index contributed by atoms with van der Waals surface area (Å²) in [7, 11) is 0. The number of hydrogen-bond acceptors (Lipinski definition) is 2. The molecule has 0 radical (unpaired) electrons. The van der Waals surface area contributed by atoms with Crippen LogP contribution in [0.3, 0.4) is 0 Å². The van der Waals surface area contributed by atoms with Gasteiger partial charge < -0.3 is 10.8 Å². The van der Waals surface area contributed by atoms with Crippen LogP contribution in [0.15, 0.2) is 0 Å². The lowest BCUT2D eigenvalue weighted by Crippen LogP contribution is -2.45. The zero-order chi connectivity index (χ0) is 12.0. The highest BCUT2D eigenvalue weighted by Crippen LogP contribution is 2.42. The fourth-order valence-electron chi connectivity index (χ4n) is 3.22. The topological polar surface area (TPSA) is 46.2 Å². The summed E-state index contributed by atoms with van der Waals surface area (Å²) in [6, 6.07) is 0. The van der Waals surface area contributed by atoms with Gasteiger partial charge in [-0.05, 0) is 25.2 Å². The Hall–Kier alpha value is -0.0800. The number of hydrogen-bond donors (Lipinski definition) is 2. The molecule has 1 aliphatic carbocycles. The van der Waals surface area contributed by atoms with E-state index in [1.807, 2.05) is 0 Å². The zero-order valence-corrected chi connectivity index (χ0v) is 11.0. The van der Waals surface area contributed by atoms with Crippen molar-refractivity contribution >= 4 is 0 Å². The molecule has 0 heterocycles. The van der Waals surface area contributed by atoms with Gasteiger partial charge in [0.15, 0.2) is 0 Å². The molecule has 0 amide bonds. The van der Waals surface area contributed by atoms with E-state index in [0.717, 1.165) is 31.6 Å². The Morgan fingerprint density at radius 3 is 2.75 bits per heavy atom. The maximum Gasteiger partial charge on any atom is 0.0608 e. The summed E-state index contributed by atoms with van der Waals surface area (Å²) in [5, 5.41) is 10.4. The molecule has 2 heteroatoms. The Balaban J connectivity index is 2.49. The summed E-state index contributed by atoms with van der Waals surface area (Å²) < 4.78 is 0. The average Bonchev–Trinajstić information content (AvgIpc) is 2.29. The minimum Gasteiger partial charge on any atom is -0.393 e. The molecule has 3 atom stereocenters. The third kappa shape index (κ3) is 3.46. The van der Waals surface area contributed by atoms with E-state index in [4.69, 9.17) is 5.73 Å². The molecule has 0 aromatic carbocycles. The van der Waals surface area contributed by atoms with E-state index in [1.165, 1.54) is 25.7 Å². The van der Waals surface area contributed by atoms with E-state index < -0.39 is 0 Å². The number of aliphatic hydroxyl groups is 1. The quantitative estimate of drug-likeness (QED) is 0.685. The minimum absolute atomic E-state index is 0.0331. The van der Waals surface area contributed by atoms with E-state index in [1.54, 1.807) is 0 Å². The van der Waals surface area contributed by atoms with Crippen LogP contribution in [-0.4, -0.2) is 17.8 Å². The smallest absolute Gasteiger partial charge is 0.0608 e. The molecular formula is C14H29NO. The highest BCUT2D eigenvalue weighted by molar-refractivity contribution is 4.91. The number of aliphatic hydroxyl groups excluding tert-OH is 1. The van der Waals surface area contributed by atoms with Gasteiger partial charge in [0.2, 0.25) is 0 Å². The molecule has 2 nitrogen and oxygen atoms in total. The Kier molecular flexibility index (Phi) is 5.77. The van der Waals surface area contributed by atoms with Crippen LogP contribution in [0.2, 0.25) is 0 Å². The molecule has 3 N–H and O–H groups in total. The van der Waals surface area contributed by atoms with Gasteiger partial charge in [-0.15, -0.1) is 0 Å². The Morgan fingerprint density at radius 2 is 2.19 bits per heavy atom. The first-order valence-electron chi connectivity index (χ1n) is 7.02. The first-order valence-corrected chi connectivity index (χ1v) is 7.02. The number of unbranched alkanes of at least 4 members (excludes halogenated alkanes) is 2. The van der Waals surface area contributed by atoms with Gasteiger partial charge in [0.1, 0.15) is 0 Å². The third-order valence-corrected chi connectivity index (χ3v) is 4.32. The molecule has 0 spiro atoms. The molecule has 0 aromatic heterocycles. The third-order valence-electron chi connectivity index (χ3n) is 4.32. The maximum absolute atomic E-state index is 10.4. The van der Waals surface area contributed by atoms with Crippen molar-refractivity contribution in [2.45, 2.75) is 71.3 Å².